The molecule has 2 amide bonds. The molecule has 0 aromatic rings. The minimum absolute atomic E-state index is 0.0580. The lowest BCUT2D eigenvalue weighted by Gasteiger charge is -2.28. The summed E-state index contributed by atoms with van der Waals surface area (Å²) in [4.78, 5) is 14.0. The molecule has 2 fully saturated rings. The Morgan fingerprint density at radius 1 is 1.25 bits per heavy atom. The van der Waals surface area contributed by atoms with Gasteiger partial charge >= 0.3 is 6.03 Å². The van der Waals surface area contributed by atoms with Crippen LogP contribution >= 0.6 is 0 Å². The summed E-state index contributed by atoms with van der Waals surface area (Å²) in [5.41, 5.74) is 0. The van der Waals surface area contributed by atoms with Crippen molar-refractivity contribution in [2.45, 2.75) is 25.9 Å². The molecule has 0 unspecified atom stereocenters. The van der Waals surface area contributed by atoms with E-state index in [0.717, 1.165) is 58.8 Å². The molecule has 6 nitrogen and oxygen atoms in total. The monoisotopic (exact) mass is 285 g/mol. The highest BCUT2D eigenvalue weighted by Crippen LogP contribution is 2.18. The van der Waals surface area contributed by atoms with Crippen LogP contribution in [-0.2, 0) is 9.47 Å². The Morgan fingerprint density at radius 3 is 2.80 bits per heavy atom. The molecular weight excluding hydrogens is 258 g/mol. The average Bonchev–Trinajstić information content (AvgIpc) is 2.46. The lowest BCUT2D eigenvalue weighted by molar-refractivity contribution is 0.00345. The Kier molecular flexibility index (Phi) is 6.56. The molecule has 20 heavy (non-hydrogen) atoms. The first-order valence-electron chi connectivity index (χ1n) is 7.67. The van der Waals surface area contributed by atoms with Gasteiger partial charge < -0.3 is 20.1 Å². The Bertz CT molecular complexity index is 295. The number of carbonyl (C=O) groups excluding carboxylic acids is 1. The fraction of sp³-hybridized carbons (Fsp3) is 0.929. The Morgan fingerprint density at radius 2 is 2.05 bits per heavy atom. The molecule has 0 aliphatic carbocycles. The van der Waals surface area contributed by atoms with Crippen molar-refractivity contribution in [1.82, 2.24) is 15.5 Å². The van der Waals surface area contributed by atoms with Crippen LogP contribution in [0.2, 0.25) is 0 Å². The summed E-state index contributed by atoms with van der Waals surface area (Å²) in [6, 6.07) is -0.0580. The van der Waals surface area contributed by atoms with Crippen molar-refractivity contribution in [1.29, 1.82) is 0 Å². The van der Waals surface area contributed by atoms with Gasteiger partial charge in [0.2, 0.25) is 0 Å². The number of ether oxygens (including phenoxy) is 2. The van der Waals surface area contributed by atoms with E-state index in [-0.39, 0.29) is 6.03 Å². The molecule has 2 rings (SSSR count). The first-order valence-corrected chi connectivity index (χ1v) is 7.67. The summed E-state index contributed by atoms with van der Waals surface area (Å²) in [5.74, 6) is 0.545. The molecule has 2 aliphatic rings. The standard InChI is InChI=1S/C14H27N3O3/c1-12-10-13(2-7-20-12)11-16-14(18)15-3-4-17-5-8-19-9-6-17/h12-13H,2-11H2,1H3,(H2,15,16,18)/t12-,13+/m1/s1. The van der Waals surface area contributed by atoms with Crippen molar-refractivity contribution in [2.24, 2.45) is 5.92 Å². The van der Waals surface area contributed by atoms with Crippen LogP contribution in [0.15, 0.2) is 0 Å². The van der Waals surface area contributed by atoms with E-state index in [2.05, 4.69) is 22.5 Å². The van der Waals surface area contributed by atoms with E-state index in [1.807, 2.05) is 0 Å². The number of carbonyl (C=O) groups is 1. The lowest BCUT2D eigenvalue weighted by atomic mass is 9.96. The van der Waals surface area contributed by atoms with Gasteiger partial charge in [0.05, 0.1) is 19.3 Å². The van der Waals surface area contributed by atoms with Gasteiger partial charge in [-0.3, -0.25) is 4.90 Å². The first-order chi connectivity index (χ1) is 9.74. The summed E-state index contributed by atoms with van der Waals surface area (Å²) < 4.78 is 10.8. The number of nitrogens with zero attached hydrogens (tertiary/aromatic N) is 1. The van der Waals surface area contributed by atoms with Gasteiger partial charge in [-0.2, -0.15) is 0 Å². The SMILES string of the molecule is C[C@@H]1C[C@@H](CNC(=O)NCCN2CCOCC2)CCO1. The Labute approximate surface area is 121 Å². The number of urea groups is 1. The van der Waals surface area contributed by atoms with Crippen LogP contribution in [0, 0.1) is 5.92 Å². The van der Waals surface area contributed by atoms with Gasteiger partial charge in [0.1, 0.15) is 0 Å². The van der Waals surface area contributed by atoms with Crippen LogP contribution in [0.3, 0.4) is 0 Å². The van der Waals surface area contributed by atoms with Crippen molar-refractivity contribution in [3.8, 4) is 0 Å². The summed E-state index contributed by atoms with van der Waals surface area (Å²) in [6.45, 7) is 8.76. The average molecular weight is 285 g/mol. The molecule has 0 bridgehead atoms. The van der Waals surface area contributed by atoms with Gasteiger partial charge in [-0.15, -0.1) is 0 Å². The largest absolute Gasteiger partial charge is 0.379 e. The molecule has 0 aromatic carbocycles. The molecule has 0 aromatic heterocycles. The number of hydrogen-bond donors (Lipinski definition) is 2. The number of hydrogen-bond acceptors (Lipinski definition) is 4. The van der Waals surface area contributed by atoms with Crippen LogP contribution in [0.1, 0.15) is 19.8 Å². The molecular formula is C14H27N3O3. The summed E-state index contributed by atoms with van der Waals surface area (Å²) >= 11 is 0. The highest BCUT2D eigenvalue weighted by molar-refractivity contribution is 5.73. The van der Waals surface area contributed by atoms with Crippen molar-refractivity contribution in [3.63, 3.8) is 0 Å². The van der Waals surface area contributed by atoms with E-state index in [4.69, 9.17) is 9.47 Å². The van der Waals surface area contributed by atoms with Gasteiger partial charge in [0.25, 0.3) is 0 Å². The minimum atomic E-state index is -0.0580. The van der Waals surface area contributed by atoms with E-state index in [1.165, 1.54) is 0 Å². The fourth-order valence-electron chi connectivity index (χ4n) is 2.73. The van der Waals surface area contributed by atoms with E-state index in [1.54, 1.807) is 0 Å². The second-order valence-electron chi connectivity index (χ2n) is 5.66. The van der Waals surface area contributed by atoms with Crippen LogP contribution < -0.4 is 10.6 Å². The van der Waals surface area contributed by atoms with Gasteiger partial charge in [-0.05, 0) is 25.7 Å². The predicted molar refractivity (Wildman–Crippen MR) is 76.8 cm³/mol. The molecule has 0 saturated carbocycles. The van der Waals surface area contributed by atoms with Crippen LogP contribution in [0.4, 0.5) is 4.79 Å². The van der Waals surface area contributed by atoms with Crippen molar-refractivity contribution < 1.29 is 14.3 Å². The van der Waals surface area contributed by atoms with E-state index in [0.29, 0.717) is 18.6 Å². The number of rotatable bonds is 5. The molecule has 2 aliphatic heterocycles. The van der Waals surface area contributed by atoms with Crippen molar-refractivity contribution in [2.75, 3.05) is 52.5 Å². The van der Waals surface area contributed by atoms with Gasteiger partial charge in [-0.25, -0.2) is 4.79 Å². The quantitative estimate of drug-likeness (QED) is 0.769. The van der Waals surface area contributed by atoms with Gasteiger partial charge in [-0.1, -0.05) is 0 Å². The minimum Gasteiger partial charge on any atom is -0.379 e. The van der Waals surface area contributed by atoms with Crippen LogP contribution in [0.25, 0.3) is 0 Å². The molecule has 2 N–H and O–H groups in total. The third-order valence-electron chi connectivity index (χ3n) is 3.96. The fourth-order valence-corrected chi connectivity index (χ4v) is 2.73. The summed E-state index contributed by atoms with van der Waals surface area (Å²) in [7, 11) is 0. The second kappa shape index (κ2) is 8.44. The second-order valence-corrected chi connectivity index (χ2v) is 5.66. The van der Waals surface area contributed by atoms with Gasteiger partial charge in [0, 0.05) is 39.3 Å². The van der Waals surface area contributed by atoms with Crippen LogP contribution in [0.5, 0.6) is 0 Å². The summed E-state index contributed by atoms with van der Waals surface area (Å²) in [6.07, 6.45) is 2.40. The third-order valence-corrected chi connectivity index (χ3v) is 3.96. The molecule has 116 valence electrons. The topological polar surface area (TPSA) is 62.8 Å². The predicted octanol–water partition coefficient (Wildman–Crippen LogP) is 0.433. The maximum absolute atomic E-state index is 11.7. The van der Waals surface area contributed by atoms with E-state index >= 15 is 0 Å². The molecule has 0 spiro atoms. The maximum Gasteiger partial charge on any atom is 0.314 e. The van der Waals surface area contributed by atoms with Gasteiger partial charge in [0.15, 0.2) is 0 Å². The Hall–Kier alpha value is -0.850. The Balaban J connectivity index is 1.51. The normalized spacial score (nSPS) is 28.1. The molecule has 2 atom stereocenters. The third kappa shape index (κ3) is 5.64. The smallest absolute Gasteiger partial charge is 0.314 e. The van der Waals surface area contributed by atoms with Crippen molar-refractivity contribution >= 4 is 6.03 Å². The highest BCUT2D eigenvalue weighted by atomic mass is 16.5. The molecule has 0 radical (unpaired) electrons. The molecule has 2 heterocycles. The highest BCUT2D eigenvalue weighted by Gasteiger charge is 2.19. The molecule has 2 saturated heterocycles. The number of amides is 2. The number of morpholine rings is 1. The van der Waals surface area contributed by atoms with Crippen LogP contribution in [-0.4, -0.2) is 69.6 Å². The lowest BCUT2D eigenvalue weighted by Crippen LogP contribution is -2.45. The summed E-state index contributed by atoms with van der Waals surface area (Å²) in [5, 5.41) is 5.88. The zero-order valence-electron chi connectivity index (χ0n) is 12.4. The zero-order valence-corrected chi connectivity index (χ0v) is 12.4. The van der Waals surface area contributed by atoms with Crippen molar-refractivity contribution in [3.05, 3.63) is 0 Å². The van der Waals surface area contributed by atoms with E-state index in [9.17, 15) is 4.79 Å². The zero-order chi connectivity index (χ0) is 14.2. The number of nitrogens with one attached hydrogen (secondary N) is 2. The maximum atomic E-state index is 11.7. The van der Waals surface area contributed by atoms with E-state index < -0.39 is 0 Å². The first kappa shape index (κ1) is 15.5. The molecule has 6 heteroatoms.